The van der Waals surface area contributed by atoms with E-state index in [9.17, 15) is 14.7 Å². The number of carbonyl (C=O) groups excluding carboxylic acids is 1. The van der Waals surface area contributed by atoms with E-state index in [1.807, 2.05) is 0 Å². The zero-order chi connectivity index (χ0) is 33.4. The molecule has 5 heteroatoms. The fraction of sp³-hybridized carbons (Fsp3) is 0.805. The largest absolute Gasteiger partial charge is 0.478 e. The molecule has 0 aromatic heterocycles. The van der Waals surface area contributed by atoms with Crippen molar-refractivity contribution in [3.8, 4) is 0 Å². The summed E-state index contributed by atoms with van der Waals surface area (Å²) in [6.45, 7) is 19.6. The van der Waals surface area contributed by atoms with Gasteiger partial charge in [-0.25, -0.2) is 4.79 Å². The third-order valence-electron chi connectivity index (χ3n) is 16.2. The first-order valence-electron chi connectivity index (χ1n) is 18.8. The molecule has 0 bridgehead atoms. The monoisotopic (exact) mass is 632 g/mol. The number of rotatable bonds is 7. The van der Waals surface area contributed by atoms with Gasteiger partial charge in [-0.2, -0.15) is 0 Å². The van der Waals surface area contributed by atoms with E-state index in [4.69, 9.17) is 0 Å². The van der Waals surface area contributed by atoms with Crippen molar-refractivity contribution in [2.45, 2.75) is 119 Å². The average Bonchev–Trinajstić information content (AvgIpc) is 3.38. The molecule has 0 radical (unpaired) electrons. The highest BCUT2D eigenvalue weighted by atomic mass is 16.4. The summed E-state index contributed by atoms with van der Waals surface area (Å²) in [6.07, 6.45) is 12.1. The van der Waals surface area contributed by atoms with Gasteiger partial charge in [-0.05, 0) is 159 Å². The van der Waals surface area contributed by atoms with Crippen LogP contribution in [0.4, 0.5) is 0 Å². The van der Waals surface area contributed by atoms with Crippen LogP contribution < -0.4 is 5.32 Å². The quantitative estimate of drug-likeness (QED) is 0.315. The van der Waals surface area contributed by atoms with Gasteiger partial charge >= 0.3 is 5.97 Å². The van der Waals surface area contributed by atoms with Crippen molar-refractivity contribution in [1.29, 1.82) is 0 Å². The van der Waals surface area contributed by atoms with Crippen LogP contribution in [0.1, 0.15) is 135 Å². The van der Waals surface area contributed by atoms with Crippen molar-refractivity contribution in [2.75, 3.05) is 27.2 Å². The summed E-state index contributed by atoms with van der Waals surface area (Å²) >= 11 is 0. The van der Waals surface area contributed by atoms with E-state index in [-0.39, 0.29) is 21.7 Å². The molecule has 6 rings (SSSR count). The van der Waals surface area contributed by atoms with Gasteiger partial charge in [0.25, 0.3) is 0 Å². The van der Waals surface area contributed by atoms with Crippen molar-refractivity contribution in [3.63, 3.8) is 0 Å². The maximum Gasteiger partial charge on any atom is 0.335 e. The smallest absolute Gasteiger partial charge is 0.335 e. The van der Waals surface area contributed by atoms with E-state index < -0.39 is 5.97 Å². The fourth-order valence-electron chi connectivity index (χ4n) is 13.8. The summed E-state index contributed by atoms with van der Waals surface area (Å²) in [4.78, 5) is 28.0. The maximum absolute atomic E-state index is 14.2. The molecular weight excluding hydrogens is 568 g/mol. The van der Waals surface area contributed by atoms with Crippen LogP contribution >= 0.6 is 0 Å². The SMILES string of the molecule is CC(C)C1CC[C@]2(C(=O)NCCN(C)C)CC[C@]3(C)[C@H](CC[C@@H]4[C@@]5(C)CC[C@@H](c6ccc(C(=O)O)cc6)C(C)(C)[C@@H]5CC[C@]43C)[C@@H]12. The Morgan fingerprint density at radius 3 is 2.17 bits per heavy atom. The number of carboxylic acids is 1. The van der Waals surface area contributed by atoms with Crippen molar-refractivity contribution in [2.24, 2.45) is 62.6 Å². The van der Waals surface area contributed by atoms with Crippen LogP contribution in [-0.4, -0.2) is 49.1 Å². The Morgan fingerprint density at radius 1 is 0.848 bits per heavy atom. The molecule has 5 saturated carbocycles. The van der Waals surface area contributed by atoms with Crippen molar-refractivity contribution in [3.05, 3.63) is 35.4 Å². The van der Waals surface area contributed by atoms with E-state index >= 15 is 0 Å². The van der Waals surface area contributed by atoms with Crippen LogP contribution in [0.15, 0.2) is 24.3 Å². The van der Waals surface area contributed by atoms with Gasteiger partial charge in [0.2, 0.25) is 5.91 Å². The highest BCUT2D eigenvalue weighted by molar-refractivity contribution is 5.87. The minimum absolute atomic E-state index is 0.150. The number of hydrogen-bond acceptors (Lipinski definition) is 3. The molecule has 5 aliphatic rings. The van der Waals surface area contributed by atoms with E-state index in [1.165, 1.54) is 56.9 Å². The second-order valence-corrected chi connectivity index (χ2v) is 18.7. The number of carbonyl (C=O) groups is 2. The lowest BCUT2D eigenvalue weighted by atomic mass is 9.31. The molecule has 1 unspecified atom stereocenters. The Hall–Kier alpha value is -1.88. The molecule has 0 saturated heterocycles. The summed E-state index contributed by atoms with van der Waals surface area (Å²) in [5.41, 5.74) is 2.49. The first-order chi connectivity index (χ1) is 21.5. The van der Waals surface area contributed by atoms with Gasteiger partial charge in [0, 0.05) is 13.1 Å². The maximum atomic E-state index is 14.2. The molecule has 1 amide bonds. The van der Waals surface area contributed by atoms with Crippen LogP contribution in [0.25, 0.3) is 0 Å². The molecule has 256 valence electrons. The average molecular weight is 633 g/mol. The number of amides is 1. The van der Waals surface area contributed by atoms with Gasteiger partial charge in [-0.15, -0.1) is 0 Å². The van der Waals surface area contributed by atoms with E-state index in [2.05, 4.69) is 84.9 Å². The molecule has 5 aliphatic carbocycles. The third-order valence-corrected chi connectivity index (χ3v) is 16.2. The van der Waals surface area contributed by atoms with E-state index in [0.29, 0.717) is 58.3 Å². The summed E-state index contributed by atoms with van der Waals surface area (Å²) < 4.78 is 0. The normalized spacial score (nSPS) is 42.9. The number of nitrogens with one attached hydrogen (secondary N) is 1. The second-order valence-electron chi connectivity index (χ2n) is 18.7. The Kier molecular flexibility index (Phi) is 8.59. The fourth-order valence-corrected chi connectivity index (χ4v) is 13.8. The predicted molar refractivity (Wildman–Crippen MR) is 187 cm³/mol. The van der Waals surface area contributed by atoms with Crippen LogP contribution in [0.5, 0.6) is 0 Å². The number of aromatic carboxylic acids is 1. The Bertz CT molecular complexity index is 1320. The van der Waals surface area contributed by atoms with Gasteiger partial charge in [0.05, 0.1) is 11.0 Å². The predicted octanol–water partition coefficient (Wildman–Crippen LogP) is 8.88. The lowest BCUT2D eigenvalue weighted by Gasteiger charge is -2.73. The van der Waals surface area contributed by atoms with Gasteiger partial charge in [-0.1, -0.05) is 60.6 Å². The standard InChI is InChI=1S/C41H64N2O3/c1-26(2)29-16-21-41(36(46)42-24-25-43(8)9)23-22-39(6)31(34(29)41)14-15-33-38(5)19-17-30(27-10-12-28(13-11-27)35(44)45)37(3,4)32(38)18-20-40(33,39)7/h10-13,26,29-34H,14-25H2,1-9H3,(H,42,46)(H,44,45)/t29?,30-,31+,32-,33+,34+,38-,39+,40+,41-/m0/s1. The van der Waals surface area contributed by atoms with E-state index in [1.54, 1.807) is 12.1 Å². The highest BCUT2D eigenvalue weighted by Gasteiger charge is 2.72. The molecular formula is C41H64N2O3. The summed E-state index contributed by atoms with van der Waals surface area (Å²) in [7, 11) is 4.17. The first-order valence-corrected chi connectivity index (χ1v) is 18.8. The van der Waals surface area contributed by atoms with Crippen LogP contribution in [0.3, 0.4) is 0 Å². The Morgan fingerprint density at radius 2 is 1.54 bits per heavy atom. The molecule has 5 nitrogen and oxygen atoms in total. The van der Waals surface area contributed by atoms with E-state index in [0.717, 1.165) is 25.9 Å². The molecule has 2 N–H and O–H groups in total. The van der Waals surface area contributed by atoms with Gasteiger partial charge in [0.1, 0.15) is 0 Å². The summed E-state index contributed by atoms with van der Waals surface area (Å²) in [5, 5.41) is 12.9. The van der Waals surface area contributed by atoms with Gasteiger partial charge < -0.3 is 15.3 Å². The van der Waals surface area contributed by atoms with Crippen molar-refractivity contribution < 1.29 is 14.7 Å². The Balaban J connectivity index is 1.30. The molecule has 1 aromatic rings. The number of fused-ring (bicyclic) bond motifs is 7. The number of likely N-dealkylation sites (N-methyl/N-ethyl adjacent to an activating group) is 1. The number of benzene rings is 1. The van der Waals surface area contributed by atoms with Gasteiger partial charge in [0.15, 0.2) is 0 Å². The molecule has 10 atom stereocenters. The van der Waals surface area contributed by atoms with Crippen LogP contribution in [-0.2, 0) is 4.79 Å². The zero-order valence-corrected chi connectivity index (χ0v) is 30.5. The zero-order valence-electron chi connectivity index (χ0n) is 30.5. The molecule has 0 spiro atoms. The van der Waals surface area contributed by atoms with Gasteiger partial charge in [-0.3, -0.25) is 4.79 Å². The minimum Gasteiger partial charge on any atom is -0.478 e. The molecule has 0 aliphatic heterocycles. The summed E-state index contributed by atoms with van der Waals surface area (Å²) in [5.74, 6) is 3.69. The summed E-state index contributed by atoms with van der Waals surface area (Å²) in [6, 6.07) is 7.80. The number of carboxylic acid groups (broad SMARTS) is 1. The molecule has 46 heavy (non-hydrogen) atoms. The lowest BCUT2D eigenvalue weighted by molar-refractivity contribution is -0.239. The lowest BCUT2D eigenvalue weighted by Crippen LogP contribution is -2.67. The Labute approximate surface area is 280 Å². The van der Waals surface area contributed by atoms with Crippen molar-refractivity contribution in [1.82, 2.24) is 10.2 Å². The second kappa shape index (κ2) is 11.6. The molecule has 1 aromatic carbocycles. The molecule has 5 fully saturated rings. The molecule has 0 heterocycles. The highest BCUT2D eigenvalue weighted by Crippen LogP contribution is 2.78. The van der Waals surface area contributed by atoms with Crippen LogP contribution in [0, 0.1) is 62.6 Å². The van der Waals surface area contributed by atoms with Crippen molar-refractivity contribution >= 4 is 11.9 Å². The van der Waals surface area contributed by atoms with Crippen LogP contribution in [0.2, 0.25) is 0 Å². The minimum atomic E-state index is -0.847. The topological polar surface area (TPSA) is 69.6 Å². The number of nitrogens with zero attached hydrogens (tertiary/aromatic N) is 1. The number of hydrogen-bond donors (Lipinski definition) is 2. The third kappa shape index (κ3) is 4.85. The first kappa shape index (κ1) is 34.0.